The van der Waals surface area contributed by atoms with Crippen LogP contribution >= 0.6 is 0 Å². The first kappa shape index (κ1) is 9.96. The third kappa shape index (κ3) is 4.45. The highest BCUT2D eigenvalue weighted by atomic mass is 16.4. The van der Waals surface area contributed by atoms with Gasteiger partial charge in [0, 0.05) is 12.0 Å². The summed E-state index contributed by atoms with van der Waals surface area (Å²) in [7, 11) is 0. The first-order chi connectivity index (χ1) is 6.20. The number of carboxylic acid groups (broad SMARTS) is 1. The molecule has 1 N–H and O–H groups in total. The zero-order valence-corrected chi connectivity index (χ0v) is 7.58. The molecule has 0 bridgehead atoms. The van der Waals surface area contributed by atoms with E-state index in [1.807, 2.05) is 0 Å². The number of aryl methyl sites for hydroxylation is 1. The molecule has 0 saturated carbocycles. The molecule has 0 aromatic heterocycles. The minimum Gasteiger partial charge on any atom is -0.481 e. The molecule has 0 atom stereocenters. The maximum Gasteiger partial charge on any atom is 0.303 e. The molecule has 13 heavy (non-hydrogen) atoms. The van der Waals surface area contributed by atoms with E-state index in [1.54, 1.807) is 6.07 Å². The highest BCUT2D eigenvalue weighted by Gasteiger charge is 2.06. The highest BCUT2D eigenvalue weighted by molar-refractivity contribution is 5.66. The predicted octanol–water partition coefficient (Wildman–Crippen LogP) is 1.50. The van der Waals surface area contributed by atoms with Gasteiger partial charge >= 0.3 is 5.97 Å². The highest BCUT2D eigenvalue weighted by Crippen LogP contribution is 2.07. The first-order valence-electron chi connectivity index (χ1n) is 4.67. The lowest BCUT2D eigenvalue weighted by atomic mass is 10.1. The maximum atomic E-state index is 10.5. The van der Waals surface area contributed by atoms with Crippen LogP contribution in [0, 0.1) is 0 Å². The lowest BCUT2D eigenvalue weighted by Gasteiger charge is -1.96. The van der Waals surface area contributed by atoms with Gasteiger partial charge in [0.25, 0.3) is 0 Å². The number of hydrogen-bond acceptors (Lipinski definition) is 2. The van der Waals surface area contributed by atoms with Crippen molar-refractivity contribution in [3.8, 4) is 0 Å². The van der Waals surface area contributed by atoms with Gasteiger partial charge < -0.3 is 5.11 Å². The summed E-state index contributed by atoms with van der Waals surface area (Å²) in [5.74, 6) is -0.722. The van der Waals surface area contributed by atoms with Crippen LogP contribution in [-0.4, -0.2) is 11.1 Å². The second-order valence-electron chi connectivity index (χ2n) is 3.34. The minimum absolute atomic E-state index is 0.200. The van der Waals surface area contributed by atoms with E-state index in [1.165, 1.54) is 0 Å². The lowest BCUT2D eigenvalue weighted by Crippen LogP contribution is -1.93. The van der Waals surface area contributed by atoms with E-state index in [-0.39, 0.29) is 11.8 Å². The Balaban J connectivity index is 1.85. The van der Waals surface area contributed by atoms with Crippen LogP contribution in [0.5, 0.6) is 0 Å². The Morgan fingerprint density at radius 2 is 1.85 bits per heavy atom. The molecule has 3 nitrogen and oxygen atoms in total. The van der Waals surface area contributed by atoms with Crippen LogP contribution in [0.3, 0.4) is 0 Å². The summed E-state index contributed by atoms with van der Waals surface area (Å²) in [5, 5.41) is 8.35. The first-order valence-corrected chi connectivity index (χ1v) is 4.67. The standard InChI is InChI=1S/C10H14O3/c11-9-7-8(9)5-3-1-2-4-6-10(12)13/h7H,1-6H2,(H,12,13). The summed E-state index contributed by atoms with van der Waals surface area (Å²) in [5.41, 5.74) is 1.16. The Morgan fingerprint density at radius 1 is 1.23 bits per heavy atom. The minimum atomic E-state index is -0.722. The van der Waals surface area contributed by atoms with Gasteiger partial charge in [-0.2, -0.15) is 0 Å². The van der Waals surface area contributed by atoms with Crippen molar-refractivity contribution in [1.29, 1.82) is 0 Å². The Hall–Kier alpha value is -1.12. The number of aliphatic carboxylic acids is 1. The molecule has 1 aromatic rings. The second kappa shape index (κ2) is 4.80. The van der Waals surface area contributed by atoms with Gasteiger partial charge in [-0.25, -0.2) is 0 Å². The number of carboxylic acids is 1. The van der Waals surface area contributed by atoms with Gasteiger partial charge in [0.15, 0.2) is 5.43 Å². The molecule has 72 valence electrons. The van der Waals surface area contributed by atoms with Crippen molar-refractivity contribution in [1.82, 2.24) is 0 Å². The van der Waals surface area contributed by atoms with Gasteiger partial charge in [0.2, 0.25) is 0 Å². The van der Waals surface area contributed by atoms with Gasteiger partial charge in [0.1, 0.15) is 0 Å². The average Bonchev–Trinajstić information content (AvgIpc) is 2.74. The van der Waals surface area contributed by atoms with Crippen LogP contribution in [0.25, 0.3) is 0 Å². The van der Waals surface area contributed by atoms with E-state index < -0.39 is 5.97 Å². The van der Waals surface area contributed by atoms with Crippen LogP contribution in [0.15, 0.2) is 10.9 Å². The summed E-state index contributed by atoms with van der Waals surface area (Å²) in [6.07, 6.45) is 4.89. The van der Waals surface area contributed by atoms with Gasteiger partial charge in [-0.3, -0.25) is 9.59 Å². The van der Waals surface area contributed by atoms with E-state index in [0.717, 1.165) is 37.7 Å². The summed E-state index contributed by atoms with van der Waals surface area (Å²) >= 11 is 0. The third-order valence-corrected chi connectivity index (χ3v) is 2.13. The largest absolute Gasteiger partial charge is 0.481 e. The maximum absolute atomic E-state index is 10.5. The fourth-order valence-corrected chi connectivity index (χ4v) is 1.26. The van der Waals surface area contributed by atoms with Crippen LogP contribution < -0.4 is 5.43 Å². The van der Waals surface area contributed by atoms with Crippen molar-refractivity contribution in [2.24, 2.45) is 0 Å². The molecule has 1 rings (SSSR count). The number of rotatable bonds is 7. The predicted molar refractivity (Wildman–Crippen MR) is 49.5 cm³/mol. The summed E-state index contributed by atoms with van der Waals surface area (Å²) in [4.78, 5) is 20.7. The molecule has 0 amide bonds. The fourth-order valence-electron chi connectivity index (χ4n) is 1.26. The Kier molecular flexibility index (Phi) is 3.68. The molecular formula is C10H14O3. The number of unbranched alkanes of at least 4 members (excludes halogenated alkanes) is 3. The van der Waals surface area contributed by atoms with E-state index in [4.69, 9.17) is 5.11 Å². The quantitative estimate of drug-likeness (QED) is 0.650. The Labute approximate surface area is 77.1 Å². The SMILES string of the molecule is O=C(O)CCCCCCc1cc1=O. The van der Waals surface area contributed by atoms with Crippen LogP contribution in [0.4, 0.5) is 0 Å². The lowest BCUT2D eigenvalue weighted by molar-refractivity contribution is -0.137. The third-order valence-electron chi connectivity index (χ3n) is 2.13. The van der Waals surface area contributed by atoms with Crippen LogP contribution in [0.2, 0.25) is 0 Å². The molecule has 0 aliphatic carbocycles. The smallest absolute Gasteiger partial charge is 0.303 e. The zero-order chi connectivity index (χ0) is 9.68. The number of hydrogen-bond donors (Lipinski definition) is 1. The molecule has 1 aromatic carbocycles. The van der Waals surface area contributed by atoms with Crippen molar-refractivity contribution < 1.29 is 9.90 Å². The molecule has 0 fully saturated rings. The van der Waals surface area contributed by atoms with E-state index in [9.17, 15) is 9.59 Å². The molecule has 0 aliphatic rings. The molecule has 0 radical (unpaired) electrons. The Morgan fingerprint density at radius 3 is 2.38 bits per heavy atom. The van der Waals surface area contributed by atoms with Crippen molar-refractivity contribution in [3.05, 3.63) is 21.9 Å². The Bertz CT molecular complexity index is 281. The summed E-state index contributed by atoms with van der Waals surface area (Å²) in [6.45, 7) is 0. The normalized spacial score (nSPS) is 10.8. The zero-order valence-electron chi connectivity index (χ0n) is 7.58. The van der Waals surface area contributed by atoms with E-state index in [2.05, 4.69) is 0 Å². The monoisotopic (exact) mass is 182 g/mol. The summed E-state index contributed by atoms with van der Waals surface area (Å²) < 4.78 is 0. The molecule has 0 saturated heterocycles. The van der Waals surface area contributed by atoms with Gasteiger partial charge in [-0.05, 0) is 25.3 Å². The molecule has 0 aliphatic heterocycles. The second-order valence-corrected chi connectivity index (χ2v) is 3.34. The van der Waals surface area contributed by atoms with Gasteiger partial charge in [0.05, 0.1) is 0 Å². The van der Waals surface area contributed by atoms with Crippen LogP contribution in [-0.2, 0) is 11.2 Å². The fraction of sp³-hybridized carbons (Fsp3) is 0.600. The van der Waals surface area contributed by atoms with Crippen LogP contribution in [0.1, 0.15) is 37.7 Å². The summed E-state index contributed by atoms with van der Waals surface area (Å²) in [6, 6.07) is 1.66. The average molecular weight is 182 g/mol. The molecular weight excluding hydrogens is 168 g/mol. The molecule has 0 unspecified atom stereocenters. The van der Waals surface area contributed by atoms with Crippen molar-refractivity contribution in [2.75, 3.05) is 0 Å². The van der Waals surface area contributed by atoms with E-state index in [0.29, 0.717) is 0 Å². The van der Waals surface area contributed by atoms with Crippen molar-refractivity contribution in [2.45, 2.75) is 38.5 Å². The van der Waals surface area contributed by atoms with Gasteiger partial charge in [-0.1, -0.05) is 12.8 Å². The topological polar surface area (TPSA) is 54.4 Å². The van der Waals surface area contributed by atoms with Crippen molar-refractivity contribution >= 4 is 5.97 Å². The number of carbonyl (C=O) groups is 1. The van der Waals surface area contributed by atoms with Gasteiger partial charge in [-0.15, -0.1) is 0 Å². The van der Waals surface area contributed by atoms with E-state index >= 15 is 0 Å². The molecule has 0 heterocycles. The molecule has 0 spiro atoms. The molecule has 3 heteroatoms. The van der Waals surface area contributed by atoms with Crippen molar-refractivity contribution in [3.63, 3.8) is 0 Å².